The summed E-state index contributed by atoms with van der Waals surface area (Å²) in [5.74, 6) is 0.143. The van der Waals surface area contributed by atoms with E-state index in [9.17, 15) is 13.2 Å². The molecule has 0 N–H and O–H groups in total. The largest absolute Gasteiger partial charge is 0.412 e. The average Bonchev–Trinajstić information content (AvgIpc) is 3.40. The minimum Gasteiger partial charge on any atom is -0.412 e. The van der Waals surface area contributed by atoms with Gasteiger partial charge in [-0.3, -0.25) is 4.79 Å². The molecule has 0 radical (unpaired) electrons. The zero-order chi connectivity index (χ0) is 19.6. The quantitative estimate of drug-likeness (QED) is 0.633. The Labute approximate surface area is 166 Å². The fraction of sp³-hybridized carbons (Fsp3) is 0.316. The van der Waals surface area contributed by atoms with E-state index in [2.05, 4.69) is 10.2 Å². The number of benzene rings is 1. The maximum Gasteiger partial charge on any atom is 0.335 e. The van der Waals surface area contributed by atoms with Gasteiger partial charge in [-0.2, -0.15) is 0 Å². The SMILES string of the molecule is O=C(c1cccs1)N1CCC(c2nnc(S(=O)(=O)Cc3ccccc3)o2)CC1. The Hall–Kier alpha value is -2.52. The lowest BCUT2D eigenvalue weighted by molar-refractivity contribution is 0.0710. The van der Waals surface area contributed by atoms with Crippen molar-refractivity contribution in [2.75, 3.05) is 13.1 Å². The van der Waals surface area contributed by atoms with Crippen LogP contribution in [-0.4, -0.2) is 42.5 Å². The lowest BCUT2D eigenvalue weighted by atomic mass is 9.97. The van der Waals surface area contributed by atoms with Crippen LogP contribution in [0, 0.1) is 0 Å². The number of piperidine rings is 1. The standard InChI is InChI=1S/C19H19N3O4S2/c23-18(16-7-4-12-27-16)22-10-8-15(9-11-22)17-20-21-19(26-17)28(24,25)13-14-5-2-1-3-6-14/h1-7,12,15H,8-11,13H2. The van der Waals surface area contributed by atoms with Gasteiger partial charge in [0.25, 0.3) is 5.91 Å². The molecular formula is C19H19N3O4S2. The highest BCUT2D eigenvalue weighted by Gasteiger charge is 2.30. The molecule has 2 aromatic heterocycles. The van der Waals surface area contributed by atoms with Crippen LogP contribution in [0.4, 0.5) is 0 Å². The molecule has 1 saturated heterocycles. The van der Waals surface area contributed by atoms with E-state index in [1.807, 2.05) is 28.5 Å². The van der Waals surface area contributed by atoms with Gasteiger partial charge in [-0.15, -0.1) is 16.4 Å². The van der Waals surface area contributed by atoms with Crippen molar-refractivity contribution in [1.29, 1.82) is 0 Å². The lowest BCUT2D eigenvalue weighted by Gasteiger charge is -2.30. The lowest BCUT2D eigenvalue weighted by Crippen LogP contribution is -2.37. The van der Waals surface area contributed by atoms with Crippen LogP contribution < -0.4 is 0 Å². The van der Waals surface area contributed by atoms with E-state index in [0.717, 1.165) is 4.88 Å². The molecule has 0 spiro atoms. The fourth-order valence-electron chi connectivity index (χ4n) is 3.25. The Morgan fingerprint density at radius 1 is 1.11 bits per heavy atom. The Balaban J connectivity index is 1.40. The predicted octanol–water partition coefficient (Wildman–Crippen LogP) is 3.12. The van der Waals surface area contributed by atoms with E-state index in [0.29, 0.717) is 37.4 Å². The molecule has 1 aliphatic heterocycles. The van der Waals surface area contributed by atoms with Gasteiger partial charge < -0.3 is 9.32 Å². The molecule has 0 atom stereocenters. The highest BCUT2D eigenvalue weighted by atomic mass is 32.2. The average molecular weight is 418 g/mol. The second-order valence-corrected chi connectivity index (χ2v) is 9.51. The van der Waals surface area contributed by atoms with Crippen molar-refractivity contribution >= 4 is 27.1 Å². The van der Waals surface area contributed by atoms with Gasteiger partial charge in [0.15, 0.2) is 0 Å². The molecule has 0 unspecified atom stereocenters. The number of carbonyl (C=O) groups is 1. The van der Waals surface area contributed by atoms with Crippen LogP contribution in [0.25, 0.3) is 0 Å². The summed E-state index contributed by atoms with van der Waals surface area (Å²) in [6.07, 6.45) is 1.33. The first-order valence-electron chi connectivity index (χ1n) is 8.96. The van der Waals surface area contributed by atoms with Crippen molar-refractivity contribution < 1.29 is 17.6 Å². The molecule has 0 aliphatic carbocycles. The molecule has 1 amide bonds. The number of amides is 1. The van der Waals surface area contributed by atoms with Crippen LogP contribution in [-0.2, 0) is 15.6 Å². The minimum atomic E-state index is -3.69. The maximum absolute atomic E-state index is 12.5. The number of carbonyl (C=O) groups excluding carboxylic acids is 1. The summed E-state index contributed by atoms with van der Waals surface area (Å²) in [5.41, 5.74) is 0.669. The van der Waals surface area contributed by atoms with E-state index >= 15 is 0 Å². The number of sulfone groups is 1. The molecule has 0 saturated carbocycles. The number of aromatic nitrogens is 2. The summed E-state index contributed by atoms with van der Waals surface area (Å²) < 4.78 is 30.6. The molecule has 28 heavy (non-hydrogen) atoms. The van der Waals surface area contributed by atoms with Crippen LogP contribution in [0.5, 0.6) is 0 Å². The molecule has 0 bridgehead atoms. The number of hydrogen-bond donors (Lipinski definition) is 0. The molecule has 3 heterocycles. The third-order valence-corrected chi connectivity index (χ3v) is 7.02. The number of hydrogen-bond acceptors (Lipinski definition) is 7. The Morgan fingerprint density at radius 2 is 1.86 bits per heavy atom. The zero-order valence-electron chi connectivity index (χ0n) is 15.0. The Bertz CT molecular complexity index is 1040. The minimum absolute atomic E-state index is 0.0325. The summed E-state index contributed by atoms with van der Waals surface area (Å²) in [4.78, 5) is 15.0. The second kappa shape index (κ2) is 7.84. The van der Waals surface area contributed by atoms with Crippen LogP contribution >= 0.6 is 11.3 Å². The summed E-state index contributed by atoms with van der Waals surface area (Å²) in [6.45, 7) is 1.16. The van der Waals surface area contributed by atoms with Gasteiger partial charge in [0.2, 0.25) is 15.7 Å². The third-order valence-electron chi connectivity index (χ3n) is 4.75. The van der Waals surface area contributed by atoms with Crippen molar-refractivity contribution in [3.05, 3.63) is 64.2 Å². The summed E-state index contributed by atoms with van der Waals surface area (Å²) in [5, 5.41) is 9.28. The molecule has 9 heteroatoms. The van der Waals surface area contributed by atoms with Gasteiger partial charge in [0, 0.05) is 19.0 Å². The maximum atomic E-state index is 12.5. The molecule has 1 aliphatic rings. The van der Waals surface area contributed by atoms with Gasteiger partial charge in [0.1, 0.15) is 0 Å². The molecule has 1 fully saturated rings. The second-order valence-electron chi connectivity index (χ2n) is 6.69. The summed E-state index contributed by atoms with van der Waals surface area (Å²) in [6, 6.07) is 12.6. The molecule has 1 aromatic carbocycles. The molecular weight excluding hydrogens is 398 g/mol. The van der Waals surface area contributed by atoms with Crippen LogP contribution in [0.3, 0.4) is 0 Å². The number of likely N-dealkylation sites (tertiary alicyclic amines) is 1. The molecule has 7 nitrogen and oxygen atoms in total. The topological polar surface area (TPSA) is 93.4 Å². The van der Waals surface area contributed by atoms with Crippen molar-refractivity contribution in [1.82, 2.24) is 15.1 Å². The third kappa shape index (κ3) is 4.00. The summed E-state index contributed by atoms with van der Waals surface area (Å²) in [7, 11) is -3.69. The monoisotopic (exact) mass is 417 g/mol. The van der Waals surface area contributed by atoms with Crippen LogP contribution in [0.1, 0.15) is 39.9 Å². The van der Waals surface area contributed by atoms with Gasteiger partial charge in [0.05, 0.1) is 10.6 Å². The first-order chi connectivity index (χ1) is 13.5. The number of thiophene rings is 1. The molecule has 146 valence electrons. The van der Waals surface area contributed by atoms with Crippen molar-refractivity contribution in [3.8, 4) is 0 Å². The Morgan fingerprint density at radius 3 is 2.54 bits per heavy atom. The first-order valence-corrected chi connectivity index (χ1v) is 11.5. The zero-order valence-corrected chi connectivity index (χ0v) is 16.7. The molecule has 4 rings (SSSR count). The van der Waals surface area contributed by atoms with E-state index in [1.54, 1.807) is 24.3 Å². The van der Waals surface area contributed by atoms with E-state index < -0.39 is 9.84 Å². The highest BCUT2D eigenvalue weighted by Crippen LogP contribution is 2.29. The van der Waals surface area contributed by atoms with E-state index in [4.69, 9.17) is 4.42 Å². The van der Waals surface area contributed by atoms with Gasteiger partial charge >= 0.3 is 5.22 Å². The van der Waals surface area contributed by atoms with Crippen molar-refractivity contribution in [2.24, 2.45) is 0 Å². The normalized spacial score (nSPS) is 15.6. The van der Waals surface area contributed by atoms with E-state index in [-0.39, 0.29) is 22.8 Å². The van der Waals surface area contributed by atoms with Crippen LogP contribution in [0.15, 0.2) is 57.5 Å². The predicted molar refractivity (Wildman–Crippen MR) is 104 cm³/mol. The first kappa shape index (κ1) is 18.8. The van der Waals surface area contributed by atoms with E-state index in [1.165, 1.54) is 11.3 Å². The Kier molecular flexibility index (Phi) is 5.27. The van der Waals surface area contributed by atoms with Crippen LogP contribution in [0.2, 0.25) is 0 Å². The number of rotatable bonds is 5. The fourth-order valence-corrected chi connectivity index (χ4v) is 5.08. The van der Waals surface area contributed by atoms with Crippen molar-refractivity contribution in [2.45, 2.75) is 29.7 Å². The van der Waals surface area contributed by atoms with Gasteiger partial charge in [-0.25, -0.2) is 8.42 Å². The molecule has 3 aromatic rings. The van der Waals surface area contributed by atoms with Gasteiger partial charge in [-0.05, 0) is 29.9 Å². The van der Waals surface area contributed by atoms with Crippen molar-refractivity contribution in [3.63, 3.8) is 0 Å². The highest BCUT2D eigenvalue weighted by molar-refractivity contribution is 7.90. The number of nitrogens with zero attached hydrogens (tertiary/aromatic N) is 3. The summed E-state index contributed by atoms with van der Waals surface area (Å²) >= 11 is 1.43. The van der Waals surface area contributed by atoms with Gasteiger partial charge in [-0.1, -0.05) is 41.5 Å². The smallest absolute Gasteiger partial charge is 0.335 e.